The van der Waals surface area contributed by atoms with Gasteiger partial charge in [-0.05, 0) is 12.1 Å². The molecule has 1 aromatic heterocycles. The number of amides is 2. The molecule has 0 saturated heterocycles. The molecule has 0 fully saturated rings. The summed E-state index contributed by atoms with van der Waals surface area (Å²) in [6.45, 7) is 0. The van der Waals surface area contributed by atoms with Gasteiger partial charge < -0.3 is 15.5 Å². The van der Waals surface area contributed by atoms with Crippen molar-refractivity contribution in [3.8, 4) is 0 Å². The summed E-state index contributed by atoms with van der Waals surface area (Å²) >= 11 is 0. The predicted molar refractivity (Wildman–Crippen MR) is 59.4 cm³/mol. The predicted octanol–water partition coefficient (Wildman–Crippen LogP) is 1.03. The molecular weight excluding hydrogens is 222 g/mol. The number of carbonyl (C=O) groups excluding carboxylic acids is 2. The van der Waals surface area contributed by atoms with Crippen LogP contribution in [0.5, 0.6) is 0 Å². The van der Waals surface area contributed by atoms with Gasteiger partial charge in [-0.2, -0.15) is 0 Å². The van der Waals surface area contributed by atoms with E-state index in [0.29, 0.717) is 5.69 Å². The third kappa shape index (κ3) is 2.31. The number of para-hydroxylation sites is 1. The van der Waals surface area contributed by atoms with E-state index in [1.165, 1.54) is 12.3 Å². The van der Waals surface area contributed by atoms with Crippen molar-refractivity contribution < 1.29 is 14.0 Å². The van der Waals surface area contributed by atoms with Crippen molar-refractivity contribution in [2.75, 3.05) is 5.32 Å². The average molecular weight is 231 g/mol. The number of anilines is 1. The molecule has 0 unspecified atom stereocenters. The zero-order valence-electron chi connectivity index (χ0n) is 8.71. The van der Waals surface area contributed by atoms with Gasteiger partial charge in [0, 0.05) is 0 Å². The Kier molecular flexibility index (Phi) is 2.87. The Morgan fingerprint density at radius 2 is 2.06 bits per heavy atom. The van der Waals surface area contributed by atoms with Crippen LogP contribution in [0.15, 0.2) is 41.3 Å². The maximum absolute atomic E-state index is 11.7. The SMILES string of the molecule is NC(=O)c1ccccc1NC(=O)c1cocn1. The van der Waals surface area contributed by atoms with Crippen molar-refractivity contribution in [2.24, 2.45) is 5.73 Å². The van der Waals surface area contributed by atoms with Gasteiger partial charge in [0.1, 0.15) is 6.26 Å². The van der Waals surface area contributed by atoms with Crippen molar-refractivity contribution in [1.82, 2.24) is 4.98 Å². The molecule has 0 atom stereocenters. The third-order valence-corrected chi connectivity index (χ3v) is 2.11. The lowest BCUT2D eigenvalue weighted by Gasteiger charge is -2.06. The molecule has 2 aromatic rings. The Balaban J connectivity index is 2.25. The van der Waals surface area contributed by atoms with Crippen LogP contribution >= 0.6 is 0 Å². The van der Waals surface area contributed by atoms with Crippen LogP contribution in [-0.2, 0) is 0 Å². The standard InChI is InChI=1S/C11H9N3O3/c12-10(15)7-3-1-2-4-8(7)14-11(16)9-5-17-6-13-9/h1-6H,(H2,12,15)(H,14,16). The molecule has 0 spiro atoms. The number of hydrogen-bond acceptors (Lipinski definition) is 4. The number of carbonyl (C=O) groups is 2. The number of nitrogens with two attached hydrogens (primary N) is 1. The molecule has 3 N–H and O–H groups in total. The van der Waals surface area contributed by atoms with Crippen LogP contribution < -0.4 is 11.1 Å². The van der Waals surface area contributed by atoms with Crippen molar-refractivity contribution in [3.63, 3.8) is 0 Å². The first-order valence-electron chi connectivity index (χ1n) is 4.77. The fourth-order valence-corrected chi connectivity index (χ4v) is 1.32. The molecule has 6 heteroatoms. The summed E-state index contributed by atoms with van der Waals surface area (Å²) in [6.07, 6.45) is 2.36. The van der Waals surface area contributed by atoms with E-state index in [1.54, 1.807) is 18.2 Å². The van der Waals surface area contributed by atoms with Gasteiger partial charge in [0.2, 0.25) is 0 Å². The minimum absolute atomic E-state index is 0.129. The van der Waals surface area contributed by atoms with Crippen molar-refractivity contribution in [3.05, 3.63) is 48.2 Å². The maximum Gasteiger partial charge on any atom is 0.277 e. The highest BCUT2D eigenvalue weighted by molar-refractivity contribution is 6.07. The minimum atomic E-state index is -0.610. The summed E-state index contributed by atoms with van der Waals surface area (Å²) in [6, 6.07) is 6.45. The van der Waals surface area contributed by atoms with E-state index in [-0.39, 0.29) is 11.3 Å². The van der Waals surface area contributed by atoms with E-state index >= 15 is 0 Å². The van der Waals surface area contributed by atoms with Crippen LogP contribution in [0.25, 0.3) is 0 Å². The second-order valence-corrected chi connectivity index (χ2v) is 3.24. The molecule has 0 aliphatic rings. The third-order valence-electron chi connectivity index (χ3n) is 2.11. The van der Waals surface area contributed by atoms with Crippen LogP contribution in [0.4, 0.5) is 5.69 Å². The van der Waals surface area contributed by atoms with Gasteiger partial charge in [0.15, 0.2) is 12.1 Å². The van der Waals surface area contributed by atoms with E-state index in [2.05, 4.69) is 14.7 Å². The summed E-state index contributed by atoms with van der Waals surface area (Å²) in [5.74, 6) is -1.08. The van der Waals surface area contributed by atoms with Gasteiger partial charge >= 0.3 is 0 Å². The molecule has 0 aliphatic carbocycles. The largest absolute Gasteiger partial charge is 0.451 e. The Hall–Kier alpha value is -2.63. The first kappa shape index (κ1) is 10.9. The molecule has 2 amide bonds. The van der Waals surface area contributed by atoms with E-state index in [0.717, 1.165) is 6.39 Å². The normalized spacial score (nSPS) is 9.88. The van der Waals surface area contributed by atoms with Gasteiger partial charge in [-0.3, -0.25) is 9.59 Å². The van der Waals surface area contributed by atoms with Crippen molar-refractivity contribution in [2.45, 2.75) is 0 Å². The average Bonchev–Trinajstić information content (AvgIpc) is 2.83. The first-order chi connectivity index (χ1) is 8.18. The second-order valence-electron chi connectivity index (χ2n) is 3.24. The van der Waals surface area contributed by atoms with E-state index in [1.807, 2.05) is 0 Å². The highest BCUT2D eigenvalue weighted by Gasteiger charge is 2.13. The number of rotatable bonds is 3. The fraction of sp³-hybridized carbons (Fsp3) is 0. The van der Waals surface area contributed by atoms with Gasteiger partial charge in [-0.1, -0.05) is 12.1 Å². The van der Waals surface area contributed by atoms with Gasteiger partial charge in [-0.25, -0.2) is 4.98 Å². The Morgan fingerprint density at radius 3 is 2.71 bits per heavy atom. The second kappa shape index (κ2) is 4.48. The highest BCUT2D eigenvalue weighted by atomic mass is 16.3. The van der Waals surface area contributed by atoms with E-state index in [4.69, 9.17) is 5.73 Å². The molecule has 1 heterocycles. The number of aromatic nitrogens is 1. The highest BCUT2D eigenvalue weighted by Crippen LogP contribution is 2.15. The molecule has 2 rings (SSSR count). The van der Waals surface area contributed by atoms with Crippen LogP contribution in [0, 0.1) is 0 Å². The van der Waals surface area contributed by atoms with Gasteiger partial charge in [0.05, 0.1) is 11.3 Å². The molecule has 0 radical (unpaired) electrons. The van der Waals surface area contributed by atoms with Gasteiger partial charge in [0.25, 0.3) is 11.8 Å². The summed E-state index contributed by atoms with van der Waals surface area (Å²) in [7, 11) is 0. The smallest absolute Gasteiger partial charge is 0.277 e. The molecule has 6 nitrogen and oxygen atoms in total. The lowest BCUT2D eigenvalue weighted by atomic mass is 10.1. The minimum Gasteiger partial charge on any atom is -0.451 e. The molecule has 0 bridgehead atoms. The Bertz CT molecular complexity index is 549. The summed E-state index contributed by atoms with van der Waals surface area (Å²) in [4.78, 5) is 26.5. The van der Waals surface area contributed by atoms with Gasteiger partial charge in [-0.15, -0.1) is 0 Å². The molecule has 0 saturated carbocycles. The van der Waals surface area contributed by atoms with Crippen molar-refractivity contribution >= 4 is 17.5 Å². The lowest BCUT2D eigenvalue weighted by molar-refractivity contribution is 0.100. The topological polar surface area (TPSA) is 98.2 Å². The van der Waals surface area contributed by atoms with Crippen LogP contribution in [-0.4, -0.2) is 16.8 Å². The molecule has 86 valence electrons. The number of primary amides is 1. The Labute approximate surface area is 96.4 Å². The molecule has 1 aromatic carbocycles. The zero-order chi connectivity index (χ0) is 12.3. The lowest BCUT2D eigenvalue weighted by Crippen LogP contribution is -2.18. The summed E-state index contributed by atoms with van der Waals surface area (Å²) in [5.41, 5.74) is 5.89. The fourth-order valence-electron chi connectivity index (χ4n) is 1.32. The van der Waals surface area contributed by atoms with Crippen LogP contribution in [0.2, 0.25) is 0 Å². The number of hydrogen-bond donors (Lipinski definition) is 2. The number of benzene rings is 1. The first-order valence-corrected chi connectivity index (χ1v) is 4.77. The monoisotopic (exact) mass is 231 g/mol. The van der Waals surface area contributed by atoms with Crippen LogP contribution in [0.1, 0.15) is 20.8 Å². The zero-order valence-corrected chi connectivity index (χ0v) is 8.71. The molecular formula is C11H9N3O3. The summed E-state index contributed by atoms with van der Waals surface area (Å²) < 4.78 is 4.69. The van der Waals surface area contributed by atoms with E-state index in [9.17, 15) is 9.59 Å². The van der Waals surface area contributed by atoms with Crippen LogP contribution in [0.3, 0.4) is 0 Å². The number of oxazole rings is 1. The quantitative estimate of drug-likeness (QED) is 0.823. The summed E-state index contributed by atoms with van der Waals surface area (Å²) in [5, 5.41) is 2.53. The number of nitrogens with one attached hydrogen (secondary N) is 1. The van der Waals surface area contributed by atoms with Crippen molar-refractivity contribution in [1.29, 1.82) is 0 Å². The molecule has 0 aliphatic heterocycles. The van der Waals surface area contributed by atoms with E-state index < -0.39 is 11.8 Å². The maximum atomic E-state index is 11.7. The Morgan fingerprint density at radius 1 is 1.29 bits per heavy atom. The number of nitrogens with zero attached hydrogens (tertiary/aromatic N) is 1. The molecule has 17 heavy (non-hydrogen) atoms.